The number of hydrogen-bond donors (Lipinski definition) is 1. The molecule has 0 aliphatic rings. The minimum atomic E-state index is -0.0876. The number of para-hydroxylation sites is 1. The zero-order valence-electron chi connectivity index (χ0n) is 22.8. The number of nitrogens with one attached hydrogen (secondary N) is 1. The molecule has 5 aromatic rings. The maximum Gasteiger partial charge on any atom is 0.317 e. The van der Waals surface area contributed by atoms with E-state index in [9.17, 15) is 4.79 Å². The van der Waals surface area contributed by atoms with Gasteiger partial charge in [-0.1, -0.05) is 60.7 Å². The lowest BCUT2D eigenvalue weighted by molar-refractivity contribution is 0.195. The van der Waals surface area contributed by atoms with Crippen LogP contribution in [0, 0.1) is 0 Å². The summed E-state index contributed by atoms with van der Waals surface area (Å²) in [7, 11) is 3.27. The highest BCUT2D eigenvalue weighted by Crippen LogP contribution is 2.30. The molecule has 0 atom stereocenters. The number of aromatic nitrogens is 1. The first-order valence-corrected chi connectivity index (χ1v) is 13.4. The van der Waals surface area contributed by atoms with Crippen LogP contribution >= 0.6 is 0 Å². The maximum atomic E-state index is 13.5. The van der Waals surface area contributed by atoms with Gasteiger partial charge in [0.2, 0.25) is 0 Å². The van der Waals surface area contributed by atoms with E-state index in [-0.39, 0.29) is 6.03 Å². The smallest absolute Gasteiger partial charge is 0.317 e. The van der Waals surface area contributed by atoms with E-state index in [0.29, 0.717) is 37.6 Å². The number of urea groups is 1. The number of carbonyl (C=O) groups is 1. The first kappa shape index (κ1) is 26.2. The summed E-state index contributed by atoms with van der Waals surface area (Å²) in [5, 5.41) is 5.57. The Bertz CT molecular complexity index is 1580. The SMILES string of the molecule is CCn1c2ccccc2c2cc(CN(CCc3ccc(OC)c(OC)c3)C(=O)NCc3ccccc3)ccc21. The Balaban J connectivity index is 1.40. The molecule has 0 unspecified atom stereocenters. The second-order valence-electron chi connectivity index (χ2n) is 9.62. The Morgan fingerprint density at radius 1 is 0.769 bits per heavy atom. The molecule has 1 aromatic heterocycles. The first-order chi connectivity index (χ1) is 19.1. The average molecular weight is 522 g/mol. The summed E-state index contributed by atoms with van der Waals surface area (Å²) >= 11 is 0. The van der Waals surface area contributed by atoms with Gasteiger partial charge in [-0.05, 0) is 60.4 Å². The topological polar surface area (TPSA) is 55.7 Å². The predicted octanol–water partition coefficient (Wildman–Crippen LogP) is 6.79. The Hall–Kier alpha value is -4.45. The lowest BCUT2D eigenvalue weighted by Crippen LogP contribution is -2.40. The lowest BCUT2D eigenvalue weighted by Gasteiger charge is -2.24. The highest BCUT2D eigenvalue weighted by Gasteiger charge is 2.17. The van der Waals surface area contributed by atoms with Crippen LogP contribution in [-0.2, 0) is 26.1 Å². The lowest BCUT2D eigenvalue weighted by atomic mass is 10.1. The molecular weight excluding hydrogens is 486 g/mol. The van der Waals surface area contributed by atoms with Gasteiger partial charge >= 0.3 is 6.03 Å². The van der Waals surface area contributed by atoms with Crippen LogP contribution < -0.4 is 14.8 Å². The normalized spacial score (nSPS) is 11.1. The van der Waals surface area contributed by atoms with E-state index >= 15 is 0 Å². The average Bonchev–Trinajstić information content (AvgIpc) is 3.31. The van der Waals surface area contributed by atoms with E-state index < -0.39 is 0 Å². The highest BCUT2D eigenvalue weighted by atomic mass is 16.5. The van der Waals surface area contributed by atoms with Crippen LogP contribution in [0.4, 0.5) is 4.79 Å². The van der Waals surface area contributed by atoms with Crippen molar-refractivity contribution in [2.45, 2.75) is 33.0 Å². The van der Waals surface area contributed by atoms with E-state index in [2.05, 4.69) is 59.3 Å². The van der Waals surface area contributed by atoms with Crippen LogP contribution in [0.15, 0.2) is 91.0 Å². The van der Waals surface area contributed by atoms with Gasteiger partial charge in [0.1, 0.15) is 0 Å². The van der Waals surface area contributed by atoms with Crippen LogP contribution in [-0.4, -0.2) is 36.3 Å². The second-order valence-corrected chi connectivity index (χ2v) is 9.62. The number of methoxy groups -OCH3 is 2. The summed E-state index contributed by atoms with van der Waals surface area (Å²) in [6.07, 6.45) is 0.691. The van der Waals surface area contributed by atoms with Crippen LogP contribution in [0.1, 0.15) is 23.6 Å². The fraction of sp³-hybridized carbons (Fsp3) is 0.242. The van der Waals surface area contributed by atoms with Gasteiger partial charge in [-0.2, -0.15) is 0 Å². The first-order valence-electron chi connectivity index (χ1n) is 13.4. The Morgan fingerprint density at radius 3 is 2.26 bits per heavy atom. The van der Waals surface area contributed by atoms with E-state index in [0.717, 1.165) is 23.2 Å². The van der Waals surface area contributed by atoms with Crippen molar-refractivity contribution in [2.75, 3.05) is 20.8 Å². The fourth-order valence-corrected chi connectivity index (χ4v) is 5.20. The van der Waals surface area contributed by atoms with E-state index in [1.54, 1.807) is 14.2 Å². The third-order valence-electron chi connectivity index (χ3n) is 7.22. The number of amides is 2. The van der Waals surface area contributed by atoms with Crippen molar-refractivity contribution >= 4 is 27.8 Å². The van der Waals surface area contributed by atoms with Gasteiger partial charge in [-0.15, -0.1) is 0 Å². The van der Waals surface area contributed by atoms with Crippen LogP contribution in [0.2, 0.25) is 0 Å². The number of carbonyl (C=O) groups excluding carboxylic acids is 1. The summed E-state index contributed by atoms with van der Waals surface area (Å²) in [5.41, 5.74) is 5.70. The zero-order chi connectivity index (χ0) is 27.2. The molecule has 4 aromatic carbocycles. The van der Waals surface area contributed by atoms with E-state index in [4.69, 9.17) is 9.47 Å². The fourth-order valence-electron chi connectivity index (χ4n) is 5.20. The number of nitrogens with zero attached hydrogens (tertiary/aromatic N) is 2. The number of fused-ring (bicyclic) bond motifs is 3. The molecule has 0 aliphatic heterocycles. The van der Waals surface area contributed by atoms with E-state index in [1.165, 1.54) is 21.8 Å². The quantitative estimate of drug-likeness (QED) is 0.220. The van der Waals surface area contributed by atoms with Crippen molar-refractivity contribution in [3.63, 3.8) is 0 Å². The molecule has 1 N–H and O–H groups in total. The Kier molecular flexibility index (Phi) is 8.02. The number of rotatable bonds is 10. The molecule has 39 heavy (non-hydrogen) atoms. The number of hydrogen-bond acceptors (Lipinski definition) is 3. The highest BCUT2D eigenvalue weighted by molar-refractivity contribution is 6.08. The molecule has 0 fully saturated rings. The molecule has 6 nitrogen and oxygen atoms in total. The summed E-state index contributed by atoms with van der Waals surface area (Å²) in [5.74, 6) is 1.38. The van der Waals surface area contributed by atoms with Gasteiger partial charge in [0, 0.05) is 48.0 Å². The summed E-state index contributed by atoms with van der Waals surface area (Å²) in [6, 6.07) is 30.9. The molecule has 0 bridgehead atoms. The molecule has 0 radical (unpaired) electrons. The molecule has 0 aliphatic carbocycles. The van der Waals surface area contributed by atoms with Crippen molar-refractivity contribution in [3.05, 3.63) is 108 Å². The van der Waals surface area contributed by atoms with Crippen LogP contribution in [0.25, 0.3) is 21.8 Å². The molecule has 1 heterocycles. The van der Waals surface area contributed by atoms with Crippen molar-refractivity contribution in [1.29, 1.82) is 0 Å². The van der Waals surface area contributed by atoms with Crippen molar-refractivity contribution in [2.24, 2.45) is 0 Å². The van der Waals surface area contributed by atoms with Gasteiger partial charge in [0.05, 0.1) is 14.2 Å². The molecule has 6 heteroatoms. The Labute approximate surface area is 229 Å². The number of aryl methyl sites for hydroxylation is 1. The van der Waals surface area contributed by atoms with Gasteiger partial charge in [0.25, 0.3) is 0 Å². The number of benzene rings is 4. The predicted molar refractivity (Wildman–Crippen MR) is 157 cm³/mol. The molecular formula is C33H35N3O3. The van der Waals surface area contributed by atoms with Gasteiger partial charge in [0.15, 0.2) is 11.5 Å². The van der Waals surface area contributed by atoms with E-state index in [1.807, 2.05) is 53.4 Å². The van der Waals surface area contributed by atoms with Gasteiger partial charge in [-0.3, -0.25) is 0 Å². The second kappa shape index (κ2) is 11.9. The summed E-state index contributed by atoms with van der Waals surface area (Å²) < 4.78 is 13.2. The molecule has 2 amide bonds. The molecule has 0 saturated heterocycles. The minimum absolute atomic E-state index is 0.0876. The van der Waals surface area contributed by atoms with Crippen LogP contribution in [0.3, 0.4) is 0 Å². The van der Waals surface area contributed by atoms with Crippen molar-refractivity contribution in [1.82, 2.24) is 14.8 Å². The van der Waals surface area contributed by atoms with Crippen molar-refractivity contribution in [3.8, 4) is 11.5 Å². The molecule has 0 spiro atoms. The van der Waals surface area contributed by atoms with Gasteiger partial charge in [-0.25, -0.2) is 4.79 Å². The molecule has 0 saturated carbocycles. The summed E-state index contributed by atoms with van der Waals surface area (Å²) in [6.45, 7) is 4.63. The van der Waals surface area contributed by atoms with Gasteiger partial charge < -0.3 is 24.3 Å². The molecule has 5 rings (SSSR count). The largest absolute Gasteiger partial charge is 0.493 e. The third kappa shape index (κ3) is 5.70. The Morgan fingerprint density at radius 2 is 1.49 bits per heavy atom. The summed E-state index contributed by atoms with van der Waals surface area (Å²) in [4.78, 5) is 15.3. The maximum absolute atomic E-state index is 13.5. The zero-order valence-corrected chi connectivity index (χ0v) is 22.8. The standard InChI is InChI=1S/C33H35N3O3/c1-4-36-29-13-9-8-12-27(29)28-20-26(14-16-30(28)36)23-35(33(37)34-22-25-10-6-5-7-11-25)19-18-24-15-17-31(38-2)32(21-24)39-3/h5-17,20-21H,4,18-19,22-23H2,1-3H3,(H,34,37). The van der Waals surface area contributed by atoms with Crippen molar-refractivity contribution < 1.29 is 14.3 Å². The minimum Gasteiger partial charge on any atom is -0.493 e. The third-order valence-corrected chi connectivity index (χ3v) is 7.22. The van der Waals surface area contributed by atoms with Crippen LogP contribution in [0.5, 0.6) is 11.5 Å². The molecule has 200 valence electrons. The number of ether oxygens (including phenoxy) is 2. The monoisotopic (exact) mass is 521 g/mol.